The average Bonchev–Trinajstić information content (AvgIpc) is 3.09. The van der Waals surface area contributed by atoms with Crippen LogP contribution in [-0.2, 0) is 17.9 Å². The number of hydrogen-bond donors (Lipinski definition) is 2. The molecule has 0 atom stereocenters. The van der Waals surface area contributed by atoms with Crippen LogP contribution in [0, 0.1) is 17.0 Å². The predicted molar refractivity (Wildman–Crippen MR) is 89.3 cm³/mol. The average molecular weight is 393 g/mol. The van der Waals surface area contributed by atoms with Gasteiger partial charge in [0.1, 0.15) is 16.8 Å². The summed E-state index contributed by atoms with van der Waals surface area (Å²) >= 11 is 3.12. The lowest BCUT2D eigenvalue weighted by Gasteiger charge is -2.02. The molecule has 9 nitrogen and oxygen atoms in total. The standard InChI is InChI=1S/C14H13BrN6O3/c1-8-13(15)14(21(23)24)19-20(8)7-12(22)16-6-11-17-9-4-2-3-5-10(9)18-11/h2-5H,6-7H2,1H3,(H,16,22)(H,17,18). The summed E-state index contributed by atoms with van der Waals surface area (Å²) in [6, 6.07) is 7.56. The third kappa shape index (κ3) is 3.13. The molecule has 0 spiro atoms. The first kappa shape index (κ1) is 16.1. The van der Waals surface area contributed by atoms with Gasteiger partial charge in [-0.3, -0.25) is 4.79 Å². The molecular formula is C14H13BrN6O3. The maximum Gasteiger partial charge on any atom is 0.404 e. The number of amides is 1. The fourth-order valence-corrected chi connectivity index (χ4v) is 2.67. The smallest absolute Gasteiger partial charge is 0.358 e. The molecular weight excluding hydrogens is 380 g/mol. The van der Waals surface area contributed by atoms with Crippen LogP contribution in [0.1, 0.15) is 11.5 Å². The number of benzene rings is 1. The minimum absolute atomic E-state index is 0.113. The van der Waals surface area contributed by atoms with Crippen LogP contribution < -0.4 is 5.32 Å². The molecule has 0 bridgehead atoms. The highest BCUT2D eigenvalue weighted by molar-refractivity contribution is 9.10. The molecule has 0 saturated heterocycles. The maximum absolute atomic E-state index is 12.0. The Hall–Kier alpha value is -2.75. The largest absolute Gasteiger partial charge is 0.404 e. The van der Waals surface area contributed by atoms with E-state index in [9.17, 15) is 14.9 Å². The number of fused-ring (bicyclic) bond motifs is 1. The van der Waals surface area contributed by atoms with Gasteiger partial charge >= 0.3 is 5.82 Å². The van der Waals surface area contributed by atoms with Gasteiger partial charge in [0.05, 0.1) is 28.4 Å². The molecule has 0 aliphatic heterocycles. The molecule has 0 aliphatic rings. The van der Waals surface area contributed by atoms with E-state index in [1.54, 1.807) is 6.92 Å². The van der Waals surface area contributed by atoms with Crippen molar-refractivity contribution in [2.75, 3.05) is 0 Å². The van der Waals surface area contributed by atoms with Crippen molar-refractivity contribution in [1.29, 1.82) is 0 Å². The second-order valence-corrected chi connectivity index (χ2v) is 5.91. The topological polar surface area (TPSA) is 119 Å². The summed E-state index contributed by atoms with van der Waals surface area (Å²) in [5.41, 5.74) is 2.23. The fraction of sp³-hybridized carbons (Fsp3) is 0.214. The van der Waals surface area contributed by atoms with E-state index in [2.05, 4.69) is 36.3 Å². The molecule has 3 rings (SSSR count). The number of nitrogens with one attached hydrogen (secondary N) is 2. The second-order valence-electron chi connectivity index (χ2n) is 5.12. The number of halogens is 1. The van der Waals surface area contributed by atoms with E-state index in [1.165, 1.54) is 4.68 Å². The van der Waals surface area contributed by atoms with Crippen LogP contribution in [0.15, 0.2) is 28.7 Å². The van der Waals surface area contributed by atoms with Gasteiger partial charge in [0.25, 0.3) is 0 Å². The zero-order valence-corrected chi connectivity index (χ0v) is 14.2. The van der Waals surface area contributed by atoms with E-state index in [0.29, 0.717) is 11.5 Å². The Morgan fingerprint density at radius 2 is 2.21 bits per heavy atom. The van der Waals surface area contributed by atoms with Crippen LogP contribution in [0.2, 0.25) is 0 Å². The summed E-state index contributed by atoms with van der Waals surface area (Å²) in [5.74, 6) is 0.00920. The Morgan fingerprint density at radius 3 is 2.88 bits per heavy atom. The SMILES string of the molecule is Cc1c(Br)c([N+](=O)[O-])nn1CC(=O)NCc1nc2ccccc2[nH]1. The van der Waals surface area contributed by atoms with Crippen LogP contribution in [0.3, 0.4) is 0 Å². The van der Waals surface area contributed by atoms with E-state index >= 15 is 0 Å². The number of carbonyl (C=O) groups is 1. The van der Waals surface area contributed by atoms with Gasteiger partial charge in [-0.15, -0.1) is 0 Å². The summed E-state index contributed by atoms with van der Waals surface area (Å²) in [6.45, 7) is 1.77. The van der Waals surface area contributed by atoms with Crippen molar-refractivity contribution in [3.8, 4) is 0 Å². The molecule has 0 unspecified atom stereocenters. The fourth-order valence-electron chi connectivity index (χ4n) is 2.24. The molecule has 0 saturated carbocycles. The highest BCUT2D eigenvalue weighted by Gasteiger charge is 2.24. The highest BCUT2D eigenvalue weighted by atomic mass is 79.9. The van der Waals surface area contributed by atoms with Gasteiger partial charge in [0.15, 0.2) is 0 Å². The Labute approximate surface area is 144 Å². The molecule has 10 heteroatoms. The lowest BCUT2D eigenvalue weighted by molar-refractivity contribution is -0.390. The molecule has 124 valence electrons. The minimum Gasteiger partial charge on any atom is -0.358 e. The zero-order chi connectivity index (χ0) is 17.3. The normalized spacial score (nSPS) is 10.9. The molecule has 2 N–H and O–H groups in total. The molecule has 1 amide bonds. The summed E-state index contributed by atoms with van der Waals surface area (Å²) in [4.78, 5) is 29.8. The summed E-state index contributed by atoms with van der Waals surface area (Å²) in [5, 5.41) is 17.4. The van der Waals surface area contributed by atoms with Gasteiger partial charge in [-0.05, 0) is 39.9 Å². The number of imidazole rings is 1. The van der Waals surface area contributed by atoms with Crippen LogP contribution in [0.4, 0.5) is 5.82 Å². The Balaban J connectivity index is 1.65. The maximum atomic E-state index is 12.0. The number of aromatic nitrogens is 4. The molecule has 3 aromatic rings. The van der Waals surface area contributed by atoms with Crippen LogP contribution in [0.5, 0.6) is 0 Å². The first-order valence-electron chi connectivity index (χ1n) is 7.03. The van der Waals surface area contributed by atoms with Crippen molar-refractivity contribution in [2.45, 2.75) is 20.0 Å². The molecule has 24 heavy (non-hydrogen) atoms. The monoisotopic (exact) mass is 392 g/mol. The van der Waals surface area contributed by atoms with Gasteiger partial charge in [0.2, 0.25) is 5.91 Å². The van der Waals surface area contributed by atoms with Crippen molar-refractivity contribution in [1.82, 2.24) is 25.1 Å². The van der Waals surface area contributed by atoms with E-state index in [0.717, 1.165) is 11.0 Å². The number of hydrogen-bond acceptors (Lipinski definition) is 5. The zero-order valence-electron chi connectivity index (χ0n) is 12.6. The van der Waals surface area contributed by atoms with E-state index in [4.69, 9.17) is 0 Å². The molecule has 2 heterocycles. The second kappa shape index (κ2) is 6.40. The molecule has 0 fully saturated rings. The number of H-pyrrole nitrogens is 1. The number of nitro groups is 1. The number of para-hydroxylation sites is 2. The van der Waals surface area contributed by atoms with Gasteiger partial charge in [0, 0.05) is 0 Å². The van der Waals surface area contributed by atoms with Crippen molar-refractivity contribution in [3.05, 3.63) is 50.4 Å². The molecule has 0 aliphatic carbocycles. The van der Waals surface area contributed by atoms with Crippen molar-refractivity contribution >= 4 is 38.7 Å². The Morgan fingerprint density at radius 1 is 1.46 bits per heavy atom. The lowest BCUT2D eigenvalue weighted by atomic mass is 10.3. The van der Waals surface area contributed by atoms with E-state index < -0.39 is 4.92 Å². The Bertz CT molecular complexity index is 899. The minimum atomic E-state index is -0.597. The Kier molecular flexibility index (Phi) is 4.30. The summed E-state index contributed by atoms with van der Waals surface area (Å²) < 4.78 is 1.56. The third-order valence-electron chi connectivity index (χ3n) is 3.47. The lowest BCUT2D eigenvalue weighted by Crippen LogP contribution is -2.28. The van der Waals surface area contributed by atoms with E-state index in [1.807, 2.05) is 24.3 Å². The van der Waals surface area contributed by atoms with Crippen LogP contribution in [0.25, 0.3) is 11.0 Å². The van der Waals surface area contributed by atoms with Crippen molar-refractivity contribution in [3.63, 3.8) is 0 Å². The highest BCUT2D eigenvalue weighted by Crippen LogP contribution is 2.26. The number of aromatic amines is 1. The van der Waals surface area contributed by atoms with Gasteiger partial charge in [-0.2, -0.15) is 4.68 Å². The van der Waals surface area contributed by atoms with Crippen molar-refractivity contribution in [2.24, 2.45) is 0 Å². The van der Waals surface area contributed by atoms with Crippen LogP contribution >= 0.6 is 15.9 Å². The molecule has 0 radical (unpaired) electrons. The summed E-state index contributed by atoms with van der Waals surface area (Å²) in [6.07, 6.45) is 0. The first-order valence-corrected chi connectivity index (χ1v) is 7.82. The van der Waals surface area contributed by atoms with Gasteiger partial charge in [-0.25, -0.2) is 4.98 Å². The van der Waals surface area contributed by atoms with Crippen LogP contribution in [-0.4, -0.2) is 30.6 Å². The summed E-state index contributed by atoms with van der Waals surface area (Å²) in [7, 11) is 0. The predicted octanol–water partition coefficient (Wildman–Crippen LogP) is 2.05. The van der Waals surface area contributed by atoms with E-state index in [-0.39, 0.29) is 29.3 Å². The number of nitrogens with zero attached hydrogens (tertiary/aromatic N) is 4. The first-order chi connectivity index (χ1) is 11.5. The quantitative estimate of drug-likeness (QED) is 0.508. The number of carbonyl (C=O) groups excluding carboxylic acids is 1. The van der Waals surface area contributed by atoms with Gasteiger partial charge < -0.3 is 20.4 Å². The third-order valence-corrected chi connectivity index (χ3v) is 4.40. The molecule has 1 aromatic carbocycles. The van der Waals surface area contributed by atoms with Gasteiger partial charge in [-0.1, -0.05) is 12.1 Å². The molecule has 2 aromatic heterocycles. The van der Waals surface area contributed by atoms with Crippen molar-refractivity contribution < 1.29 is 9.72 Å². The number of rotatable bonds is 5.